The highest BCUT2D eigenvalue weighted by molar-refractivity contribution is 5.76. The SMILES string of the molecule is CC(O)CCC(=O)N[C@@H](C)c1cccnc1. The van der Waals surface area contributed by atoms with Crippen molar-refractivity contribution in [2.45, 2.75) is 38.8 Å². The first-order valence-corrected chi connectivity index (χ1v) is 5.47. The topological polar surface area (TPSA) is 62.2 Å². The molecule has 0 aliphatic carbocycles. The normalized spacial score (nSPS) is 14.2. The van der Waals surface area contributed by atoms with Gasteiger partial charge in [-0.05, 0) is 31.9 Å². The van der Waals surface area contributed by atoms with Crippen molar-refractivity contribution in [3.8, 4) is 0 Å². The second kappa shape index (κ2) is 6.23. The lowest BCUT2D eigenvalue weighted by Crippen LogP contribution is -2.27. The standard InChI is InChI=1S/C12H18N2O2/c1-9(15)5-6-12(16)14-10(2)11-4-3-7-13-8-11/h3-4,7-10,15H,5-6H2,1-2H3,(H,14,16)/t9?,10-/m0/s1. The Morgan fingerprint density at radius 3 is 2.88 bits per heavy atom. The van der Waals surface area contributed by atoms with Crippen LogP contribution in [-0.4, -0.2) is 22.1 Å². The highest BCUT2D eigenvalue weighted by Gasteiger charge is 2.09. The van der Waals surface area contributed by atoms with E-state index in [0.29, 0.717) is 12.8 Å². The number of hydrogen-bond acceptors (Lipinski definition) is 3. The largest absolute Gasteiger partial charge is 0.393 e. The molecule has 0 aliphatic heterocycles. The second-order valence-electron chi connectivity index (χ2n) is 3.96. The van der Waals surface area contributed by atoms with Crippen LogP contribution >= 0.6 is 0 Å². The predicted molar refractivity (Wildman–Crippen MR) is 61.7 cm³/mol. The molecule has 1 aromatic heterocycles. The summed E-state index contributed by atoms with van der Waals surface area (Å²) < 4.78 is 0. The van der Waals surface area contributed by atoms with Gasteiger partial charge < -0.3 is 10.4 Å². The van der Waals surface area contributed by atoms with Crippen molar-refractivity contribution >= 4 is 5.91 Å². The molecule has 0 saturated carbocycles. The molecule has 0 aliphatic rings. The first-order chi connectivity index (χ1) is 7.59. The molecule has 16 heavy (non-hydrogen) atoms. The molecule has 0 spiro atoms. The third kappa shape index (κ3) is 4.40. The number of aromatic nitrogens is 1. The zero-order chi connectivity index (χ0) is 12.0. The average Bonchev–Trinajstić information content (AvgIpc) is 2.27. The van der Waals surface area contributed by atoms with Crippen LogP contribution < -0.4 is 5.32 Å². The third-order valence-electron chi connectivity index (χ3n) is 2.35. The number of hydrogen-bond donors (Lipinski definition) is 2. The van der Waals surface area contributed by atoms with Gasteiger partial charge in [-0.25, -0.2) is 0 Å². The van der Waals surface area contributed by atoms with Crippen LogP contribution in [0.15, 0.2) is 24.5 Å². The molecular formula is C12H18N2O2. The Labute approximate surface area is 95.7 Å². The molecule has 4 heteroatoms. The molecule has 0 bridgehead atoms. The second-order valence-corrected chi connectivity index (χ2v) is 3.96. The van der Waals surface area contributed by atoms with E-state index in [4.69, 9.17) is 5.11 Å². The van der Waals surface area contributed by atoms with E-state index in [1.807, 2.05) is 19.1 Å². The van der Waals surface area contributed by atoms with Gasteiger partial charge in [0.25, 0.3) is 0 Å². The van der Waals surface area contributed by atoms with Gasteiger partial charge in [-0.15, -0.1) is 0 Å². The van der Waals surface area contributed by atoms with Gasteiger partial charge in [-0.3, -0.25) is 9.78 Å². The fourth-order valence-electron chi connectivity index (χ4n) is 1.37. The maximum Gasteiger partial charge on any atom is 0.220 e. The van der Waals surface area contributed by atoms with Crippen molar-refractivity contribution in [2.24, 2.45) is 0 Å². The van der Waals surface area contributed by atoms with E-state index >= 15 is 0 Å². The first-order valence-electron chi connectivity index (χ1n) is 5.47. The molecule has 0 radical (unpaired) electrons. The number of nitrogens with zero attached hydrogens (tertiary/aromatic N) is 1. The lowest BCUT2D eigenvalue weighted by atomic mass is 10.1. The summed E-state index contributed by atoms with van der Waals surface area (Å²) in [5, 5.41) is 11.9. The molecule has 1 aromatic rings. The van der Waals surface area contributed by atoms with Crippen LogP contribution in [0.25, 0.3) is 0 Å². The number of aliphatic hydroxyl groups is 1. The summed E-state index contributed by atoms with van der Waals surface area (Å²) in [6.07, 6.45) is 3.85. The van der Waals surface area contributed by atoms with Crippen LogP contribution in [0, 0.1) is 0 Å². The van der Waals surface area contributed by atoms with Crippen LogP contribution in [0.5, 0.6) is 0 Å². The number of amides is 1. The van der Waals surface area contributed by atoms with Gasteiger partial charge >= 0.3 is 0 Å². The summed E-state index contributed by atoms with van der Waals surface area (Å²) in [5.74, 6) is -0.0442. The minimum absolute atomic E-state index is 0.0442. The van der Waals surface area contributed by atoms with Gasteiger partial charge in [0, 0.05) is 18.8 Å². The third-order valence-corrected chi connectivity index (χ3v) is 2.35. The van der Waals surface area contributed by atoms with Gasteiger partial charge in [-0.2, -0.15) is 0 Å². The van der Waals surface area contributed by atoms with Gasteiger partial charge in [0.05, 0.1) is 12.1 Å². The number of pyridine rings is 1. The molecule has 2 N–H and O–H groups in total. The molecule has 4 nitrogen and oxygen atoms in total. The maximum absolute atomic E-state index is 11.5. The molecule has 1 rings (SSSR count). The summed E-state index contributed by atoms with van der Waals surface area (Å²) in [5.41, 5.74) is 0.980. The fourth-order valence-corrected chi connectivity index (χ4v) is 1.37. The highest BCUT2D eigenvalue weighted by Crippen LogP contribution is 2.10. The van der Waals surface area contributed by atoms with E-state index in [-0.39, 0.29) is 11.9 Å². The molecular weight excluding hydrogens is 204 g/mol. The molecule has 2 atom stereocenters. The zero-order valence-electron chi connectivity index (χ0n) is 9.68. The van der Waals surface area contributed by atoms with Crippen molar-refractivity contribution in [1.29, 1.82) is 0 Å². The van der Waals surface area contributed by atoms with Crippen LogP contribution in [0.2, 0.25) is 0 Å². The molecule has 0 saturated heterocycles. The Morgan fingerprint density at radius 1 is 1.56 bits per heavy atom. The fraction of sp³-hybridized carbons (Fsp3) is 0.500. The van der Waals surface area contributed by atoms with E-state index in [2.05, 4.69) is 10.3 Å². The summed E-state index contributed by atoms with van der Waals surface area (Å²) >= 11 is 0. The van der Waals surface area contributed by atoms with Gasteiger partial charge in [0.1, 0.15) is 0 Å². The van der Waals surface area contributed by atoms with Gasteiger partial charge in [0.2, 0.25) is 5.91 Å². The Bertz CT molecular complexity index is 325. The Kier molecular flexibility index (Phi) is 4.92. The Morgan fingerprint density at radius 2 is 2.31 bits per heavy atom. The average molecular weight is 222 g/mol. The zero-order valence-corrected chi connectivity index (χ0v) is 9.68. The monoisotopic (exact) mass is 222 g/mol. The van der Waals surface area contributed by atoms with E-state index < -0.39 is 6.10 Å². The van der Waals surface area contributed by atoms with E-state index in [1.54, 1.807) is 19.3 Å². The lowest BCUT2D eigenvalue weighted by Gasteiger charge is -2.14. The van der Waals surface area contributed by atoms with Crippen LogP contribution in [0.1, 0.15) is 38.3 Å². The summed E-state index contributed by atoms with van der Waals surface area (Å²) in [7, 11) is 0. The van der Waals surface area contributed by atoms with Crippen molar-refractivity contribution in [1.82, 2.24) is 10.3 Å². The number of nitrogens with one attached hydrogen (secondary N) is 1. The van der Waals surface area contributed by atoms with Crippen molar-refractivity contribution in [3.05, 3.63) is 30.1 Å². The number of carbonyl (C=O) groups is 1. The summed E-state index contributed by atoms with van der Waals surface area (Å²) in [4.78, 5) is 15.5. The van der Waals surface area contributed by atoms with E-state index in [1.165, 1.54) is 0 Å². The number of rotatable bonds is 5. The molecule has 1 heterocycles. The Hall–Kier alpha value is -1.42. The molecule has 0 aromatic carbocycles. The summed E-state index contributed by atoms with van der Waals surface area (Å²) in [6, 6.07) is 3.72. The molecule has 1 unspecified atom stereocenters. The number of aliphatic hydroxyl groups excluding tert-OH is 1. The smallest absolute Gasteiger partial charge is 0.220 e. The van der Waals surface area contributed by atoms with Crippen molar-refractivity contribution < 1.29 is 9.90 Å². The predicted octanol–water partition coefficient (Wildman–Crippen LogP) is 1.42. The van der Waals surface area contributed by atoms with Crippen LogP contribution in [0.3, 0.4) is 0 Å². The van der Waals surface area contributed by atoms with E-state index in [9.17, 15) is 4.79 Å². The first kappa shape index (κ1) is 12.6. The van der Waals surface area contributed by atoms with Crippen LogP contribution in [0.4, 0.5) is 0 Å². The highest BCUT2D eigenvalue weighted by atomic mass is 16.3. The minimum atomic E-state index is -0.431. The van der Waals surface area contributed by atoms with E-state index in [0.717, 1.165) is 5.56 Å². The summed E-state index contributed by atoms with van der Waals surface area (Å²) in [6.45, 7) is 3.59. The number of carbonyl (C=O) groups excluding carboxylic acids is 1. The van der Waals surface area contributed by atoms with Crippen molar-refractivity contribution in [2.75, 3.05) is 0 Å². The van der Waals surface area contributed by atoms with Gasteiger partial charge in [0.15, 0.2) is 0 Å². The quantitative estimate of drug-likeness (QED) is 0.792. The lowest BCUT2D eigenvalue weighted by molar-refractivity contribution is -0.122. The molecule has 1 amide bonds. The minimum Gasteiger partial charge on any atom is -0.393 e. The van der Waals surface area contributed by atoms with Crippen LogP contribution in [-0.2, 0) is 4.79 Å². The van der Waals surface area contributed by atoms with Crippen molar-refractivity contribution in [3.63, 3.8) is 0 Å². The maximum atomic E-state index is 11.5. The van der Waals surface area contributed by atoms with Gasteiger partial charge in [-0.1, -0.05) is 6.07 Å². The molecule has 88 valence electrons. The molecule has 0 fully saturated rings. The Balaban J connectivity index is 2.40.